The lowest BCUT2D eigenvalue weighted by Gasteiger charge is -2.22. The highest BCUT2D eigenvalue weighted by molar-refractivity contribution is 9.10. The van der Waals surface area contributed by atoms with Crippen LogP contribution in [0, 0.1) is 0 Å². The average molecular weight is 346 g/mol. The van der Waals surface area contributed by atoms with Gasteiger partial charge in [0.25, 0.3) is 5.91 Å². The van der Waals surface area contributed by atoms with Crippen LogP contribution in [0.4, 0.5) is 0 Å². The molecule has 0 atom stereocenters. The van der Waals surface area contributed by atoms with Crippen molar-refractivity contribution in [1.29, 1.82) is 0 Å². The second kappa shape index (κ2) is 8.11. The van der Waals surface area contributed by atoms with E-state index < -0.39 is 0 Å². The Morgan fingerprint density at radius 2 is 2.05 bits per heavy atom. The van der Waals surface area contributed by atoms with Crippen LogP contribution < -0.4 is 9.47 Å². The third kappa shape index (κ3) is 3.86. The summed E-state index contributed by atoms with van der Waals surface area (Å²) < 4.78 is 11.1. The lowest BCUT2D eigenvalue weighted by atomic mass is 10.1. The summed E-state index contributed by atoms with van der Waals surface area (Å²) in [5.41, 5.74) is 0.443. The van der Waals surface area contributed by atoms with Crippen molar-refractivity contribution in [2.75, 3.05) is 33.9 Å². The number of hydrogen-bond donors (Lipinski definition) is 1. The quantitative estimate of drug-likeness (QED) is 0.823. The van der Waals surface area contributed by atoms with Crippen molar-refractivity contribution >= 4 is 21.8 Å². The molecule has 112 valence electrons. The van der Waals surface area contributed by atoms with Gasteiger partial charge in [0.2, 0.25) is 0 Å². The molecule has 0 aliphatic heterocycles. The van der Waals surface area contributed by atoms with Gasteiger partial charge in [0.05, 0.1) is 24.3 Å². The number of nitrogens with zero attached hydrogens (tertiary/aromatic N) is 1. The van der Waals surface area contributed by atoms with Crippen LogP contribution in [0.2, 0.25) is 0 Å². The highest BCUT2D eigenvalue weighted by Crippen LogP contribution is 2.34. The number of carbonyl (C=O) groups excluding carboxylic acids is 1. The van der Waals surface area contributed by atoms with E-state index in [-0.39, 0.29) is 12.5 Å². The molecule has 0 aliphatic rings. The van der Waals surface area contributed by atoms with E-state index in [1.54, 1.807) is 24.1 Å². The van der Waals surface area contributed by atoms with E-state index in [2.05, 4.69) is 15.9 Å². The maximum atomic E-state index is 12.6. The fourth-order valence-corrected chi connectivity index (χ4v) is 2.49. The topological polar surface area (TPSA) is 59.0 Å². The molecule has 0 spiro atoms. The molecule has 0 aliphatic carbocycles. The van der Waals surface area contributed by atoms with E-state index in [0.717, 1.165) is 0 Å². The minimum absolute atomic E-state index is 0.0583. The highest BCUT2D eigenvalue weighted by atomic mass is 79.9. The fourth-order valence-electron chi connectivity index (χ4n) is 1.89. The van der Waals surface area contributed by atoms with Crippen molar-refractivity contribution in [1.82, 2.24) is 4.90 Å². The summed E-state index contributed by atoms with van der Waals surface area (Å²) in [6.07, 6.45) is 0.549. The van der Waals surface area contributed by atoms with Crippen molar-refractivity contribution < 1.29 is 19.4 Å². The first-order valence-electron chi connectivity index (χ1n) is 6.40. The molecule has 6 heteroatoms. The molecule has 20 heavy (non-hydrogen) atoms. The van der Waals surface area contributed by atoms with Gasteiger partial charge in [0.1, 0.15) is 11.5 Å². The summed E-state index contributed by atoms with van der Waals surface area (Å²) in [6, 6.07) is 3.41. The predicted molar refractivity (Wildman–Crippen MR) is 80.5 cm³/mol. The van der Waals surface area contributed by atoms with Crippen molar-refractivity contribution in [3.63, 3.8) is 0 Å². The molecule has 5 nitrogen and oxygen atoms in total. The van der Waals surface area contributed by atoms with Crippen molar-refractivity contribution in [2.24, 2.45) is 0 Å². The van der Waals surface area contributed by atoms with Crippen molar-refractivity contribution in [3.8, 4) is 11.5 Å². The molecule has 0 aromatic heterocycles. The van der Waals surface area contributed by atoms with Gasteiger partial charge in [-0.25, -0.2) is 0 Å². The first kappa shape index (κ1) is 16.8. The molecule has 1 aromatic carbocycles. The minimum Gasteiger partial charge on any atom is -0.497 e. The maximum absolute atomic E-state index is 12.6. The molecule has 0 fully saturated rings. The summed E-state index contributed by atoms with van der Waals surface area (Å²) in [5.74, 6) is 0.926. The number of aliphatic hydroxyl groups excluding tert-OH is 1. The second-order valence-electron chi connectivity index (χ2n) is 4.15. The Bertz CT molecular complexity index is 465. The molecule has 0 saturated carbocycles. The van der Waals surface area contributed by atoms with Gasteiger partial charge in [-0.3, -0.25) is 4.79 Å². The third-order valence-electron chi connectivity index (χ3n) is 2.94. The molecule has 0 heterocycles. The van der Waals surface area contributed by atoms with E-state index in [1.165, 1.54) is 7.11 Å². The van der Waals surface area contributed by atoms with Gasteiger partial charge in [-0.1, -0.05) is 0 Å². The molecular formula is C14H20BrNO4. The Labute approximate surface area is 127 Å². The fraction of sp³-hybridized carbons (Fsp3) is 0.500. The smallest absolute Gasteiger partial charge is 0.257 e. The molecule has 0 saturated heterocycles. The predicted octanol–water partition coefficient (Wildman–Crippen LogP) is 2.31. The maximum Gasteiger partial charge on any atom is 0.257 e. The number of methoxy groups -OCH3 is 2. The van der Waals surface area contributed by atoms with E-state index >= 15 is 0 Å². The number of aliphatic hydroxyl groups is 1. The van der Waals surface area contributed by atoms with Crippen LogP contribution in [0.1, 0.15) is 23.7 Å². The number of amides is 1. The van der Waals surface area contributed by atoms with E-state index in [9.17, 15) is 4.79 Å². The number of ether oxygens (including phenoxy) is 2. The van der Waals surface area contributed by atoms with Crippen LogP contribution >= 0.6 is 15.9 Å². The summed E-state index contributed by atoms with van der Waals surface area (Å²) in [5, 5.41) is 8.90. The van der Waals surface area contributed by atoms with Gasteiger partial charge >= 0.3 is 0 Å². The van der Waals surface area contributed by atoms with Crippen LogP contribution in [0.5, 0.6) is 11.5 Å². The lowest BCUT2D eigenvalue weighted by Crippen LogP contribution is -2.32. The summed E-state index contributed by atoms with van der Waals surface area (Å²) in [4.78, 5) is 14.2. The van der Waals surface area contributed by atoms with Crippen molar-refractivity contribution in [3.05, 3.63) is 22.2 Å². The van der Waals surface area contributed by atoms with E-state index in [0.29, 0.717) is 41.0 Å². The number of benzene rings is 1. The Morgan fingerprint density at radius 3 is 2.55 bits per heavy atom. The molecular weight excluding hydrogens is 326 g/mol. The largest absolute Gasteiger partial charge is 0.497 e. The number of carbonyl (C=O) groups is 1. The van der Waals surface area contributed by atoms with Gasteiger partial charge in [-0.2, -0.15) is 0 Å². The number of hydrogen-bond acceptors (Lipinski definition) is 4. The molecule has 1 rings (SSSR count). The van der Waals surface area contributed by atoms with Crippen LogP contribution in [0.3, 0.4) is 0 Å². The zero-order chi connectivity index (χ0) is 15.1. The van der Waals surface area contributed by atoms with Gasteiger partial charge < -0.3 is 19.5 Å². The monoisotopic (exact) mass is 345 g/mol. The van der Waals surface area contributed by atoms with Gasteiger partial charge in [-0.15, -0.1) is 0 Å². The standard InChI is InChI=1S/C14H20BrNO4/c1-4-16(6-5-7-17)14(18)11-8-10(19-2)9-12(15)13(11)20-3/h8-9,17H,4-7H2,1-3H3. The van der Waals surface area contributed by atoms with E-state index in [4.69, 9.17) is 14.6 Å². The molecule has 1 aromatic rings. The second-order valence-corrected chi connectivity index (χ2v) is 5.01. The van der Waals surface area contributed by atoms with Gasteiger partial charge in [0, 0.05) is 19.7 Å². The molecule has 0 bridgehead atoms. The SMILES string of the molecule is CCN(CCCO)C(=O)c1cc(OC)cc(Br)c1OC. The zero-order valence-electron chi connectivity index (χ0n) is 12.0. The number of halogens is 1. The van der Waals surface area contributed by atoms with E-state index in [1.807, 2.05) is 6.92 Å². The van der Waals surface area contributed by atoms with Crippen LogP contribution in [-0.4, -0.2) is 49.8 Å². The lowest BCUT2D eigenvalue weighted by molar-refractivity contribution is 0.0750. The van der Waals surface area contributed by atoms with Crippen LogP contribution in [0.15, 0.2) is 16.6 Å². The normalized spacial score (nSPS) is 10.2. The Balaban J connectivity index is 3.14. The molecule has 1 amide bonds. The van der Waals surface area contributed by atoms with Crippen LogP contribution in [-0.2, 0) is 0 Å². The molecule has 0 unspecified atom stereocenters. The Kier molecular flexibility index (Phi) is 6.81. The summed E-state index contributed by atoms with van der Waals surface area (Å²) in [7, 11) is 3.07. The Hall–Kier alpha value is -1.27. The summed E-state index contributed by atoms with van der Waals surface area (Å²) >= 11 is 3.38. The third-order valence-corrected chi connectivity index (χ3v) is 3.53. The first-order chi connectivity index (χ1) is 9.58. The Morgan fingerprint density at radius 1 is 1.35 bits per heavy atom. The molecule has 0 radical (unpaired) electrons. The highest BCUT2D eigenvalue weighted by Gasteiger charge is 2.21. The zero-order valence-corrected chi connectivity index (χ0v) is 13.6. The van der Waals surface area contributed by atoms with Gasteiger partial charge in [0.15, 0.2) is 0 Å². The summed E-state index contributed by atoms with van der Waals surface area (Å²) in [6.45, 7) is 3.03. The van der Waals surface area contributed by atoms with Crippen molar-refractivity contribution in [2.45, 2.75) is 13.3 Å². The average Bonchev–Trinajstić information content (AvgIpc) is 2.46. The van der Waals surface area contributed by atoms with Gasteiger partial charge in [-0.05, 0) is 41.4 Å². The first-order valence-corrected chi connectivity index (χ1v) is 7.19. The molecule has 1 N–H and O–H groups in total. The minimum atomic E-state index is -0.141. The van der Waals surface area contributed by atoms with Crippen LogP contribution in [0.25, 0.3) is 0 Å². The number of rotatable bonds is 7.